The Kier molecular flexibility index (Phi) is 3.10. The SMILES string of the molecule is CCS(=O)(=O)Cc1ccc(N)c(F)c1. The van der Waals surface area contributed by atoms with Gasteiger partial charge in [0.25, 0.3) is 0 Å². The highest BCUT2D eigenvalue weighted by Crippen LogP contribution is 2.14. The molecule has 1 aromatic carbocycles. The van der Waals surface area contributed by atoms with Crippen molar-refractivity contribution in [1.29, 1.82) is 0 Å². The first-order valence-corrected chi connectivity index (χ1v) is 6.01. The Bertz CT molecular complexity index is 428. The zero-order valence-corrected chi connectivity index (χ0v) is 8.64. The summed E-state index contributed by atoms with van der Waals surface area (Å²) in [5.74, 6) is -0.659. The molecule has 0 radical (unpaired) electrons. The summed E-state index contributed by atoms with van der Waals surface area (Å²) in [6.45, 7) is 1.56. The van der Waals surface area contributed by atoms with Gasteiger partial charge in [-0.2, -0.15) is 0 Å². The molecule has 1 aromatic rings. The maximum Gasteiger partial charge on any atom is 0.154 e. The molecule has 0 aliphatic carbocycles. The summed E-state index contributed by atoms with van der Waals surface area (Å²) in [5.41, 5.74) is 5.72. The molecule has 5 heteroatoms. The minimum absolute atomic E-state index is 0.0302. The molecule has 0 fully saturated rings. The van der Waals surface area contributed by atoms with E-state index in [9.17, 15) is 12.8 Å². The molecule has 0 aromatic heterocycles. The molecular formula is C9H12FNO2S. The number of halogens is 1. The monoisotopic (exact) mass is 217 g/mol. The summed E-state index contributed by atoms with van der Waals surface area (Å²) in [6, 6.07) is 4.05. The van der Waals surface area contributed by atoms with Crippen molar-refractivity contribution in [2.75, 3.05) is 11.5 Å². The van der Waals surface area contributed by atoms with Crippen LogP contribution in [-0.4, -0.2) is 14.2 Å². The predicted octanol–water partition coefficient (Wildman–Crippen LogP) is 1.34. The zero-order chi connectivity index (χ0) is 10.8. The standard InChI is InChI=1S/C9H12FNO2S/c1-2-14(12,13)6-7-3-4-9(11)8(10)5-7/h3-5H,2,6,11H2,1H3. The Morgan fingerprint density at radius 1 is 1.43 bits per heavy atom. The minimum atomic E-state index is -3.11. The molecule has 0 amide bonds. The molecule has 14 heavy (non-hydrogen) atoms. The van der Waals surface area contributed by atoms with Gasteiger partial charge in [0.1, 0.15) is 5.82 Å². The molecule has 0 heterocycles. The van der Waals surface area contributed by atoms with Gasteiger partial charge in [-0.1, -0.05) is 13.0 Å². The summed E-state index contributed by atoms with van der Waals surface area (Å²) in [4.78, 5) is 0. The van der Waals surface area contributed by atoms with Gasteiger partial charge >= 0.3 is 0 Å². The van der Waals surface area contributed by atoms with E-state index in [1.165, 1.54) is 12.1 Å². The number of benzene rings is 1. The third-order valence-corrected chi connectivity index (χ3v) is 3.54. The second-order valence-electron chi connectivity index (χ2n) is 3.03. The second kappa shape index (κ2) is 3.96. The molecule has 0 saturated heterocycles. The van der Waals surface area contributed by atoms with E-state index >= 15 is 0 Å². The van der Waals surface area contributed by atoms with Crippen molar-refractivity contribution in [2.45, 2.75) is 12.7 Å². The van der Waals surface area contributed by atoms with Gasteiger partial charge in [0.15, 0.2) is 9.84 Å². The molecule has 0 aliphatic rings. The van der Waals surface area contributed by atoms with Crippen molar-refractivity contribution in [3.05, 3.63) is 29.6 Å². The number of hydrogen-bond donors (Lipinski definition) is 1. The van der Waals surface area contributed by atoms with Gasteiger partial charge in [-0.3, -0.25) is 0 Å². The Hall–Kier alpha value is -1.10. The molecule has 0 spiro atoms. The van der Waals surface area contributed by atoms with E-state index in [1.54, 1.807) is 6.92 Å². The van der Waals surface area contributed by atoms with Crippen molar-refractivity contribution in [2.24, 2.45) is 0 Å². The Morgan fingerprint density at radius 3 is 2.57 bits per heavy atom. The molecule has 0 saturated carbocycles. The highest BCUT2D eigenvalue weighted by Gasteiger charge is 2.10. The van der Waals surface area contributed by atoms with Crippen LogP contribution in [0.15, 0.2) is 18.2 Å². The van der Waals surface area contributed by atoms with Crippen molar-refractivity contribution in [3.8, 4) is 0 Å². The van der Waals surface area contributed by atoms with Crippen molar-refractivity contribution in [1.82, 2.24) is 0 Å². The summed E-state index contributed by atoms with van der Waals surface area (Å²) < 4.78 is 35.4. The van der Waals surface area contributed by atoms with Crippen LogP contribution in [-0.2, 0) is 15.6 Å². The van der Waals surface area contributed by atoms with E-state index in [0.717, 1.165) is 6.07 Å². The Morgan fingerprint density at radius 2 is 2.07 bits per heavy atom. The van der Waals surface area contributed by atoms with Gasteiger partial charge in [0.2, 0.25) is 0 Å². The van der Waals surface area contributed by atoms with Gasteiger partial charge in [-0.05, 0) is 17.7 Å². The first kappa shape index (κ1) is 11.0. The van der Waals surface area contributed by atoms with Gasteiger partial charge in [0.05, 0.1) is 11.4 Å². The average molecular weight is 217 g/mol. The van der Waals surface area contributed by atoms with Crippen LogP contribution in [0.3, 0.4) is 0 Å². The lowest BCUT2D eigenvalue weighted by molar-refractivity contribution is 0.596. The number of hydrogen-bond acceptors (Lipinski definition) is 3. The fraction of sp³-hybridized carbons (Fsp3) is 0.333. The van der Waals surface area contributed by atoms with Crippen LogP contribution in [0.5, 0.6) is 0 Å². The second-order valence-corrected chi connectivity index (χ2v) is 5.39. The molecule has 2 N–H and O–H groups in total. The van der Waals surface area contributed by atoms with Gasteiger partial charge < -0.3 is 5.73 Å². The molecule has 1 rings (SSSR count). The van der Waals surface area contributed by atoms with Crippen LogP contribution in [0, 0.1) is 5.82 Å². The molecule has 3 nitrogen and oxygen atoms in total. The average Bonchev–Trinajstić information content (AvgIpc) is 2.11. The van der Waals surface area contributed by atoms with E-state index in [1.807, 2.05) is 0 Å². The van der Waals surface area contributed by atoms with Gasteiger partial charge in [-0.25, -0.2) is 12.8 Å². The molecule has 0 unspecified atom stereocenters. The van der Waals surface area contributed by atoms with Crippen LogP contribution in [0.2, 0.25) is 0 Å². The lowest BCUT2D eigenvalue weighted by Crippen LogP contribution is -2.07. The molecule has 0 atom stereocenters. The van der Waals surface area contributed by atoms with Crippen LogP contribution >= 0.6 is 0 Å². The van der Waals surface area contributed by atoms with Crippen molar-refractivity contribution in [3.63, 3.8) is 0 Å². The topological polar surface area (TPSA) is 60.2 Å². The summed E-state index contributed by atoms with van der Waals surface area (Å²) in [5, 5.41) is 0. The quantitative estimate of drug-likeness (QED) is 0.777. The first-order chi connectivity index (χ1) is 6.44. The fourth-order valence-electron chi connectivity index (χ4n) is 1.02. The van der Waals surface area contributed by atoms with E-state index in [-0.39, 0.29) is 17.2 Å². The van der Waals surface area contributed by atoms with E-state index in [4.69, 9.17) is 5.73 Å². The van der Waals surface area contributed by atoms with Gasteiger partial charge in [-0.15, -0.1) is 0 Å². The van der Waals surface area contributed by atoms with Crippen LogP contribution in [0.4, 0.5) is 10.1 Å². The summed E-state index contributed by atoms with van der Waals surface area (Å²) in [6.07, 6.45) is 0. The molecule has 0 aliphatic heterocycles. The third-order valence-electron chi connectivity index (χ3n) is 1.89. The maximum absolute atomic E-state index is 12.9. The van der Waals surface area contributed by atoms with E-state index < -0.39 is 15.7 Å². The van der Waals surface area contributed by atoms with Crippen molar-refractivity contribution < 1.29 is 12.8 Å². The zero-order valence-electron chi connectivity index (χ0n) is 7.83. The van der Waals surface area contributed by atoms with Crippen LogP contribution < -0.4 is 5.73 Å². The van der Waals surface area contributed by atoms with Crippen LogP contribution in [0.1, 0.15) is 12.5 Å². The van der Waals surface area contributed by atoms with Crippen molar-refractivity contribution >= 4 is 15.5 Å². The third kappa shape index (κ3) is 2.70. The van der Waals surface area contributed by atoms with E-state index in [0.29, 0.717) is 5.56 Å². The lowest BCUT2D eigenvalue weighted by Gasteiger charge is -2.03. The number of nitrogen functional groups attached to an aromatic ring is 1. The highest BCUT2D eigenvalue weighted by molar-refractivity contribution is 7.90. The Labute approximate surface area is 82.7 Å². The fourth-order valence-corrected chi connectivity index (χ4v) is 1.91. The largest absolute Gasteiger partial charge is 0.396 e. The molecule has 0 bridgehead atoms. The summed E-state index contributed by atoms with van der Waals surface area (Å²) in [7, 11) is -3.11. The number of rotatable bonds is 3. The molecule has 78 valence electrons. The molecular weight excluding hydrogens is 205 g/mol. The number of nitrogens with two attached hydrogens (primary N) is 1. The first-order valence-electron chi connectivity index (χ1n) is 4.19. The maximum atomic E-state index is 12.9. The number of anilines is 1. The Balaban J connectivity index is 2.94. The van der Waals surface area contributed by atoms with Crippen LogP contribution in [0.25, 0.3) is 0 Å². The minimum Gasteiger partial charge on any atom is -0.396 e. The lowest BCUT2D eigenvalue weighted by atomic mass is 10.2. The smallest absolute Gasteiger partial charge is 0.154 e. The highest BCUT2D eigenvalue weighted by atomic mass is 32.2. The summed E-state index contributed by atoms with van der Waals surface area (Å²) >= 11 is 0. The van der Waals surface area contributed by atoms with E-state index in [2.05, 4.69) is 0 Å². The van der Waals surface area contributed by atoms with Gasteiger partial charge in [0, 0.05) is 5.75 Å². The number of sulfone groups is 1. The normalized spacial score (nSPS) is 11.6. The predicted molar refractivity (Wildman–Crippen MR) is 54.0 cm³/mol.